The van der Waals surface area contributed by atoms with Crippen molar-refractivity contribution in [2.45, 2.75) is 24.0 Å². The van der Waals surface area contributed by atoms with E-state index in [1.165, 1.54) is 23.9 Å². The fourth-order valence-corrected chi connectivity index (χ4v) is 2.98. The summed E-state index contributed by atoms with van der Waals surface area (Å²) < 4.78 is 18.1. The molecule has 128 valence electrons. The number of rotatable bonds is 8. The number of halogens is 1. The van der Waals surface area contributed by atoms with Crippen LogP contribution in [0, 0.1) is 5.82 Å². The van der Waals surface area contributed by atoms with Gasteiger partial charge in [0.2, 0.25) is 0 Å². The van der Waals surface area contributed by atoms with Gasteiger partial charge in [-0.2, -0.15) is 0 Å². The summed E-state index contributed by atoms with van der Waals surface area (Å²) >= 11 is 1.49. The lowest BCUT2D eigenvalue weighted by molar-refractivity contribution is 0.134. The highest BCUT2D eigenvalue weighted by Gasteiger charge is 2.13. The average molecular weight is 349 g/mol. The average Bonchev–Trinajstić information content (AvgIpc) is 2.60. The van der Waals surface area contributed by atoms with E-state index in [0.29, 0.717) is 12.2 Å². The van der Waals surface area contributed by atoms with Gasteiger partial charge in [0.15, 0.2) is 0 Å². The van der Waals surface area contributed by atoms with E-state index >= 15 is 0 Å². The van der Waals surface area contributed by atoms with Gasteiger partial charge in [0.25, 0.3) is 0 Å². The number of nitrogens with one attached hydrogen (secondary N) is 1. The maximum Gasteiger partial charge on any atom is 0.407 e. The first-order chi connectivity index (χ1) is 11.7. The third kappa shape index (κ3) is 6.60. The quantitative estimate of drug-likeness (QED) is 0.715. The monoisotopic (exact) mass is 349 g/mol. The number of amides is 1. The van der Waals surface area contributed by atoms with Gasteiger partial charge in [0.1, 0.15) is 12.4 Å². The second-order valence-corrected chi connectivity index (χ2v) is 6.27. The van der Waals surface area contributed by atoms with E-state index in [-0.39, 0.29) is 25.1 Å². The van der Waals surface area contributed by atoms with E-state index in [0.717, 1.165) is 10.5 Å². The normalized spacial score (nSPS) is 11.8. The minimum atomic E-state index is -0.517. The maximum atomic E-state index is 12.9. The lowest BCUT2D eigenvalue weighted by atomic mass is 10.2. The molecule has 2 aromatic rings. The van der Waals surface area contributed by atoms with E-state index < -0.39 is 6.09 Å². The first kappa shape index (κ1) is 18.3. The van der Waals surface area contributed by atoms with E-state index in [1.807, 2.05) is 30.3 Å². The van der Waals surface area contributed by atoms with E-state index in [4.69, 9.17) is 9.84 Å². The molecule has 0 aliphatic carbocycles. The van der Waals surface area contributed by atoms with Crippen LogP contribution in [-0.4, -0.2) is 29.6 Å². The van der Waals surface area contributed by atoms with Crippen LogP contribution in [0.1, 0.15) is 12.0 Å². The van der Waals surface area contributed by atoms with Gasteiger partial charge in [-0.25, -0.2) is 9.18 Å². The highest BCUT2D eigenvalue weighted by Crippen LogP contribution is 2.19. The molecule has 0 aliphatic rings. The SMILES string of the molecule is O=C(N[C@H](CCO)CSc1ccc(F)cc1)OCc1ccccc1. The van der Waals surface area contributed by atoms with Crippen molar-refractivity contribution in [1.29, 1.82) is 0 Å². The smallest absolute Gasteiger partial charge is 0.407 e. The van der Waals surface area contributed by atoms with Crippen molar-refractivity contribution in [3.05, 3.63) is 66.0 Å². The Balaban J connectivity index is 1.78. The van der Waals surface area contributed by atoms with Crippen LogP contribution in [0.5, 0.6) is 0 Å². The van der Waals surface area contributed by atoms with Gasteiger partial charge in [0.05, 0.1) is 0 Å². The molecule has 0 aliphatic heterocycles. The molecule has 0 aromatic heterocycles. The van der Waals surface area contributed by atoms with Crippen molar-refractivity contribution in [2.24, 2.45) is 0 Å². The van der Waals surface area contributed by atoms with Crippen LogP contribution in [0.4, 0.5) is 9.18 Å². The summed E-state index contributed by atoms with van der Waals surface area (Å²) in [4.78, 5) is 12.8. The number of hydrogen-bond donors (Lipinski definition) is 2. The molecular weight excluding hydrogens is 329 g/mol. The van der Waals surface area contributed by atoms with E-state index in [2.05, 4.69) is 5.32 Å². The van der Waals surface area contributed by atoms with Crippen LogP contribution in [0.25, 0.3) is 0 Å². The first-order valence-electron chi connectivity index (χ1n) is 7.64. The number of thioether (sulfide) groups is 1. The van der Waals surface area contributed by atoms with Crippen LogP contribution < -0.4 is 5.32 Å². The highest BCUT2D eigenvalue weighted by atomic mass is 32.2. The summed E-state index contributed by atoms with van der Waals surface area (Å²) in [6.45, 7) is 0.164. The van der Waals surface area contributed by atoms with Crippen molar-refractivity contribution in [3.63, 3.8) is 0 Å². The number of carbonyl (C=O) groups excluding carboxylic acids is 1. The fourth-order valence-electron chi connectivity index (χ4n) is 2.01. The molecule has 0 heterocycles. The van der Waals surface area contributed by atoms with Gasteiger partial charge < -0.3 is 15.2 Å². The Morgan fingerprint density at radius 1 is 1.17 bits per heavy atom. The lowest BCUT2D eigenvalue weighted by Crippen LogP contribution is -2.37. The Morgan fingerprint density at radius 2 is 1.88 bits per heavy atom. The molecule has 2 rings (SSSR count). The number of hydrogen-bond acceptors (Lipinski definition) is 4. The molecule has 0 saturated heterocycles. The molecule has 0 spiro atoms. The predicted octanol–water partition coefficient (Wildman–Crippen LogP) is 3.60. The third-order valence-electron chi connectivity index (χ3n) is 3.28. The predicted molar refractivity (Wildman–Crippen MR) is 92.4 cm³/mol. The van der Waals surface area contributed by atoms with Crippen molar-refractivity contribution in [3.8, 4) is 0 Å². The molecule has 24 heavy (non-hydrogen) atoms. The largest absolute Gasteiger partial charge is 0.445 e. The van der Waals surface area contributed by atoms with Crippen LogP contribution in [0.15, 0.2) is 59.5 Å². The Bertz CT molecular complexity index is 622. The molecule has 2 N–H and O–H groups in total. The van der Waals surface area contributed by atoms with Crippen LogP contribution in [0.3, 0.4) is 0 Å². The van der Waals surface area contributed by atoms with E-state index in [1.54, 1.807) is 12.1 Å². The number of ether oxygens (including phenoxy) is 1. The number of benzene rings is 2. The fraction of sp³-hybridized carbons (Fsp3) is 0.278. The van der Waals surface area contributed by atoms with Gasteiger partial charge >= 0.3 is 6.09 Å². The van der Waals surface area contributed by atoms with Crippen LogP contribution in [0.2, 0.25) is 0 Å². The van der Waals surface area contributed by atoms with Gasteiger partial charge in [-0.1, -0.05) is 30.3 Å². The molecule has 0 saturated carbocycles. The molecule has 4 nitrogen and oxygen atoms in total. The molecule has 1 atom stereocenters. The summed E-state index contributed by atoms with van der Waals surface area (Å²) in [5, 5.41) is 11.9. The van der Waals surface area contributed by atoms with Crippen molar-refractivity contribution >= 4 is 17.9 Å². The molecule has 2 aromatic carbocycles. The third-order valence-corrected chi connectivity index (χ3v) is 4.45. The summed E-state index contributed by atoms with van der Waals surface area (Å²) in [7, 11) is 0. The topological polar surface area (TPSA) is 58.6 Å². The summed E-state index contributed by atoms with van der Waals surface area (Å²) in [5.41, 5.74) is 0.909. The summed E-state index contributed by atoms with van der Waals surface area (Å²) in [6.07, 6.45) is -0.0914. The molecule has 0 bridgehead atoms. The van der Waals surface area contributed by atoms with Crippen molar-refractivity contribution in [2.75, 3.05) is 12.4 Å². The molecule has 0 unspecified atom stereocenters. The molecule has 6 heteroatoms. The molecular formula is C18H20FNO3S. The van der Waals surface area contributed by atoms with Crippen LogP contribution >= 0.6 is 11.8 Å². The second-order valence-electron chi connectivity index (χ2n) is 5.18. The first-order valence-corrected chi connectivity index (χ1v) is 8.62. The van der Waals surface area contributed by atoms with E-state index in [9.17, 15) is 9.18 Å². The highest BCUT2D eigenvalue weighted by molar-refractivity contribution is 7.99. The summed E-state index contributed by atoms with van der Waals surface area (Å²) in [6, 6.07) is 15.3. The Morgan fingerprint density at radius 3 is 2.54 bits per heavy atom. The Hall–Kier alpha value is -2.05. The van der Waals surface area contributed by atoms with Gasteiger partial charge in [-0.15, -0.1) is 11.8 Å². The zero-order chi connectivity index (χ0) is 17.2. The molecule has 1 amide bonds. The molecule has 0 radical (unpaired) electrons. The minimum absolute atomic E-state index is 0.0341. The Labute approximate surface area is 145 Å². The van der Waals surface area contributed by atoms with Gasteiger partial charge in [0, 0.05) is 23.3 Å². The molecule has 0 fully saturated rings. The van der Waals surface area contributed by atoms with Crippen LogP contribution in [-0.2, 0) is 11.3 Å². The number of aliphatic hydroxyl groups excluding tert-OH is 1. The van der Waals surface area contributed by atoms with Crippen molar-refractivity contribution < 1.29 is 19.0 Å². The van der Waals surface area contributed by atoms with Gasteiger partial charge in [-0.05, 0) is 36.2 Å². The number of carbonyl (C=O) groups is 1. The standard InChI is InChI=1S/C18H20FNO3S/c19-15-6-8-17(9-7-15)24-13-16(10-11-21)20-18(22)23-12-14-4-2-1-3-5-14/h1-9,16,21H,10-13H2,(H,20,22)/t16-/m1/s1. The number of aliphatic hydroxyl groups is 1. The summed E-state index contributed by atoms with van der Waals surface area (Å²) in [5.74, 6) is 0.279. The zero-order valence-corrected chi connectivity index (χ0v) is 14.0. The van der Waals surface area contributed by atoms with Gasteiger partial charge in [-0.3, -0.25) is 0 Å². The lowest BCUT2D eigenvalue weighted by Gasteiger charge is -2.17. The number of alkyl carbamates (subject to hydrolysis) is 1. The second kappa shape index (κ2) is 9.95. The maximum absolute atomic E-state index is 12.9. The minimum Gasteiger partial charge on any atom is -0.445 e. The zero-order valence-electron chi connectivity index (χ0n) is 13.2. The van der Waals surface area contributed by atoms with Crippen molar-refractivity contribution in [1.82, 2.24) is 5.32 Å². The Kier molecular flexibility index (Phi) is 7.58.